The van der Waals surface area contributed by atoms with Crippen molar-refractivity contribution in [3.8, 4) is 5.75 Å². The van der Waals surface area contributed by atoms with Gasteiger partial charge in [0.2, 0.25) is 6.41 Å². The highest BCUT2D eigenvalue weighted by Gasteiger charge is 2.21. The van der Waals surface area contributed by atoms with Gasteiger partial charge in [-0.3, -0.25) is 4.79 Å². The van der Waals surface area contributed by atoms with Gasteiger partial charge in [0.25, 0.3) is 0 Å². The van der Waals surface area contributed by atoms with Gasteiger partial charge in [0.05, 0.1) is 0 Å². The lowest BCUT2D eigenvalue weighted by Crippen LogP contribution is -2.06. The Labute approximate surface area is 144 Å². The minimum absolute atomic E-state index is 0.276. The van der Waals surface area contributed by atoms with Gasteiger partial charge in [0, 0.05) is 11.3 Å². The zero-order chi connectivity index (χ0) is 18.0. The molecule has 126 valence electrons. The average molecular weight is 323 g/mol. The zero-order valence-electron chi connectivity index (χ0n) is 15.2. The number of carbonyl (C=O) groups is 1. The summed E-state index contributed by atoms with van der Waals surface area (Å²) in [5.41, 5.74) is 8.45. The van der Waals surface area contributed by atoms with Crippen molar-refractivity contribution >= 4 is 17.7 Å². The fraction of sp³-hybridized carbons (Fsp3) is 0.286. The predicted molar refractivity (Wildman–Crippen MR) is 101 cm³/mol. The fourth-order valence-corrected chi connectivity index (χ4v) is 3.12. The molecular formula is C21H25NO2. The van der Waals surface area contributed by atoms with Crippen LogP contribution in [-0.4, -0.2) is 11.5 Å². The Hall–Kier alpha value is -2.55. The van der Waals surface area contributed by atoms with E-state index in [1.807, 2.05) is 34.6 Å². The van der Waals surface area contributed by atoms with E-state index in [1.54, 1.807) is 0 Å². The topological polar surface area (TPSA) is 49.3 Å². The van der Waals surface area contributed by atoms with Crippen LogP contribution in [0.25, 0.3) is 5.57 Å². The van der Waals surface area contributed by atoms with Crippen LogP contribution in [0.5, 0.6) is 5.75 Å². The van der Waals surface area contributed by atoms with Gasteiger partial charge >= 0.3 is 0 Å². The van der Waals surface area contributed by atoms with E-state index < -0.39 is 0 Å². The van der Waals surface area contributed by atoms with Crippen LogP contribution < -0.4 is 5.32 Å². The highest BCUT2D eigenvalue weighted by atomic mass is 16.3. The first-order chi connectivity index (χ1) is 11.3. The van der Waals surface area contributed by atoms with Gasteiger partial charge in [-0.2, -0.15) is 0 Å². The third kappa shape index (κ3) is 3.07. The minimum Gasteiger partial charge on any atom is -0.507 e. The lowest BCUT2D eigenvalue weighted by molar-refractivity contribution is -0.105. The predicted octanol–water partition coefficient (Wildman–Crippen LogP) is 5.04. The van der Waals surface area contributed by atoms with Crippen molar-refractivity contribution < 1.29 is 9.90 Å². The molecule has 2 rings (SSSR count). The molecule has 24 heavy (non-hydrogen) atoms. The molecule has 2 N–H and O–H groups in total. The van der Waals surface area contributed by atoms with Crippen molar-refractivity contribution in [1.29, 1.82) is 0 Å². The zero-order valence-corrected chi connectivity index (χ0v) is 15.2. The van der Waals surface area contributed by atoms with Crippen molar-refractivity contribution in [2.24, 2.45) is 0 Å². The lowest BCUT2D eigenvalue weighted by atomic mass is 9.86. The molecule has 0 bridgehead atoms. The first kappa shape index (κ1) is 17.8. The van der Waals surface area contributed by atoms with E-state index in [2.05, 4.69) is 36.5 Å². The summed E-state index contributed by atoms with van der Waals surface area (Å²) in [5.74, 6) is 0.276. The third-order valence-electron chi connectivity index (χ3n) is 4.57. The standard InChI is InChI=1S/C21H25NO2/c1-12(2)18(17-9-7-13(3)8-10-17)19-16(6)20(22-11-23)14(4)15(5)21(19)24/h7-11,24H,1-6H3,(H,22,23). The van der Waals surface area contributed by atoms with E-state index in [0.717, 1.165) is 44.7 Å². The Morgan fingerprint density at radius 2 is 1.54 bits per heavy atom. The van der Waals surface area contributed by atoms with Crippen LogP contribution in [0.4, 0.5) is 5.69 Å². The van der Waals surface area contributed by atoms with Crippen molar-refractivity contribution in [3.63, 3.8) is 0 Å². The summed E-state index contributed by atoms with van der Waals surface area (Å²) in [7, 11) is 0. The number of phenolic OH excluding ortho intramolecular Hbond substituents is 1. The molecule has 0 unspecified atom stereocenters. The molecule has 0 saturated carbocycles. The van der Waals surface area contributed by atoms with E-state index in [-0.39, 0.29) is 5.75 Å². The minimum atomic E-state index is 0.276. The normalized spacial score (nSPS) is 10.4. The number of carbonyl (C=O) groups excluding carboxylic acids is 1. The van der Waals surface area contributed by atoms with E-state index in [9.17, 15) is 9.90 Å². The van der Waals surface area contributed by atoms with Crippen LogP contribution in [0.3, 0.4) is 0 Å². The van der Waals surface area contributed by atoms with E-state index in [0.29, 0.717) is 6.41 Å². The van der Waals surface area contributed by atoms with E-state index in [1.165, 1.54) is 5.56 Å². The number of anilines is 1. The summed E-state index contributed by atoms with van der Waals surface area (Å²) in [4.78, 5) is 11.0. The maximum Gasteiger partial charge on any atom is 0.211 e. The highest BCUT2D eigenvalue weighted by Crippen LogP contribution is 2.42. The van der Waals surface area contributed by atoms with Crippen LogP contribution in [-0.2, 0) is 4.79 Å². The van der Waals surface area contributed by atoms with Gasteiger partial charge in [-0.05, 0) is 69.4 Å². The number of allylic oxidation sites excluding steroid dienone is 1. The van der Waals surface area contributed by atoms with Crippen LogP contribution in [0.15, 0.2) is 29.8 Å². The van der Waals surface area contributed by atoms with Gasteiger partial charge in [0.1, 0.15) is 5.75 Å². The Balaban J connectivity index is 2.84. The Kier molecular flexibility index (Phi) is 5.13. The first-order valence-electron chi connectivity index (χ1n) is 8.07. The summed E-state index contributed by atoms with van der Waals surface area (Å²) >= 11 is 0. The molecule has 3 heteroatoms. The Bertz CT molecular complexity index is 811. The number of nitrogens with one attached hydrogen (secondary N) is 1. The molecule has 0 aromatic heterocycles. The van der Waals surface area contributed by atoms with Crippen LogP contribution in [0.2, 0.25) is 0 Å². The van der Waals surface area contributed by atoms with Crippen molar-refractivity contribution in [2.45, 2.75) is 41.5 Å². The molecule has 0 heterocycles. The number of hydrogen-bond donors (Lipinski definition) is 2. The molecule has 0 aliphatic carbocycles. The maximum atomic E-state index is 11.0. The number of aryl methyl sites for hydroxylation is 1. The molecule has 2 aromatic rings. The maximum absolute atomic E-state index is 11.0. The second-order valence-electron chi connectivity index (χ2n) is 6.48. The molecule has 0 aliphatic heterocycles. The highest BCUT2D eigenvalue weighted by molar-refractivity contribution is 5.91. The van der Waals surface area contributed by atoms with Crippen LogP contribution in [0.1, 0.15) is 47.2 Å². The van der Waals surface area contributed by atoms with Crippen molar-refractivity contribution in [3.05, 3.63) is 63.2 Å². The first-order valence-corrected chi connectivity index (χ1v) is 8.07. The van der Waals surface area contributed by atoms with Gasteiger partial charge in [-0.15, -0.1) is 0 Å². The van der Waals surface area contributed by atoms with Crippen molar-refractivity contribution in [2.75, 3.05) is 5.32 Å². The fourth-order valence-electron chi connectivity index (χ4n) is 3.12. The van der Waals surface area contributed by atoms with Gasteiger partial charge < -0.3 is 10.4 Å². The van der Waals surface area contributed by atoms with Gasteiger partial charge in [-0.25, -0.2) is 0 Å². The Morgan fingerprint density at radius 3 is 2.04 bits per heavy atom. The molecule has 2 aromatic carbocycles. The molecule has 0 radical (unpaired) electrons. The molecular weight excluding hydrogens is 298 g/mol. The number of benzene rings is 2. The van der Waals surface area contributed by atoms with Crippen LogP contribution in [0, 0.1) is 27.7 Å². The second-order valence-corrected chi connectivity index (χ2v) is 6.48. The van der Waals surface area contributed by atoms with E-state index in [4.69, 9.17) is 0 Å². The smallest absolute Gasteiger partial charge is 0.211 e. The SMILES string of the molecule is CC(C)=C(c1ccc(C)cc1)c1c(C)c(NC=O)c(C)c(C)c1O. The second kappa shape index (κ2) is 6.91. The molecule has 0 aliphatic rings. The molecule has 1 amide bonds. The summed E-state index contributed by atoms with van der Waals surface area (Å²) in [6.07, 6.45) is 0.684. The number of aromatic hydroxyl groups is 1. The largest absolute Gasteiger partial charge is 0.507 e. The summed E-state index contributed by atoms with van der Waals surface area (Å²) in [6.45, 7) is 11.8. The summed E-state index contributed by atoms with van der Waals surface area (Å²) in [6, 6.07) is 8.27. The molecule has 0 fully saturated rings. The van der Waals surface area contributed by atoms with Gasteiger partial charge in [0.15, 0.2) is 0 Å². The number of amides is 1. The molecule has 3 nitrogen and oxygen atoms in total. The number of rotatable bonds is 4. The number of phenols is 1. The summed E-state index contributed by atoms with van der Waals surface area (Å²) in [5, 5.41) is 13.6. The molecule has 0 saturated heterocycles. The third-order valence-corrected chi connectivity index (χ3v) is 4.57. The lowest BCUT2D eigenvalue weighted by Gasteiger charge is -2.22. The molecule has 0 atom stereocenters. The number of hydrogen-bond acceptors (Lipinski definition) is 2. The monoisotopic (exact) mass is 323 g/mol. The van der Waals surface area contributed by atoms with Crippen molar-refractivity contribution in [1.82, 2.24) is 0 Å². The Morgan fingerprint density at radius 1 is 0.958 bits per heavy atom. The van der Waals surface area contributed by atoms with E-state index >= 15 is 0 Å². The quantitative estimate of drug-likeness (QED) is 0.612. The van der Waals surface area contributed by atoms with Crippen LogP contribution >= 0.6 is 0 Å². The molecule has 0 spiro atoms. The average Bonchev–Trinajstić information content (AvgIpc) is 2.54. The van der Waals surface area contributed by atoms with Gasteiger partial charge in [-0.1, -0.05) is 35.4 Å². The summed E-state index contributed by atoms with van der Waals surface area (Å²) < 4.78 is 0.